The van der Waals surface area contributed by atoms with Gasteiger partial charge in [-0.2, -0.15) is 0 Å². The molecule has 0 radical (unpaired) electrons. The van der Waals surface area contributed by atoms with Crippen LogP contribution in [0.15, 0.2) is 60.0 Å². The summed E-state index contributed by atoms with van der Waals surface area (Å²) < 4.78 is 11.0. The van der Waals surface area contributed by atoms with E-state index >= 15 is 0 Å². The molecule has 7 heteroatoms. The summed E-state index contributed by atoms with van der Waals surface area (Å²) in [5.41, 5.74) is 3.22. The van der Waals surface area contributed by atoms with Crippen molar-refractivity contribution in [1.82, 2.24) is 14.8 Å². The zero-order chi connectivity index (χ0) is 23.8. The lowest BCUT2D eigenvalue weighted by Gasteiger charge is -2.34. The standard InChI is InChI=1S/C27H31N3O3S/c1-21-28-24(20-34-21)19-33-26-10-5-22(6-11-26)7-12-27(31)30-17-15-29(16-18-30)14-13-23-3-8-25(32-2)9-4-23/h3-12,20H,13-19H2,1-2H3/b12-7+. The van der Waals surface area contributed by atoms with Gasteiger partial charge in [-0.1, -0.05) is 24.3 Å². The van der Waals surface area contributed by atoms with Crippen molar-refractivity contribution in [2.75, 3.05) is 39.8 Å². The Labute approximate surface area is 205 Å². The number of thiazole rings is 1. The molecule has 178 valence electrons. The molecule has 1 aromatic heterocycles. The molecule has 1 aliphatic heterocycles. The second-order valence-electron chi connectivity index (χ2n) is 8.31. The van der Waals surface area contributed by atoms with E-state index in [1.807, 2.05) is 59.7 Å². The van der Waals surface area contributed by atoms with Gasteiger partial charge < -0.3 is 14.4 Å². The molecule has 4 rings (SSSR count). The molecule has 1 aliphatic rings. The summed E-state index contributed by atoms with van der Waals surface area (Å²) in [6.07, 6.45) is 4.54. The molecule has 1 amide bonds. The number of methoxy groups -OCH3 is 1. The minimum Gasteiger partial charge on any atom is -0.497 e. The van der Waals surface area contributed by atoms with Crippen LogP contribution >= 0.6 is 11.3 Å². The molecule has 0 unspecified atom stereocenters. The largest absolute Gasteiger partial charge is 0.497 e. The summed E-state index contributed by atoms with van der Waals surface area (Å²) in [5, 5.41) is 3.05. The Morgan fingerprint density at radius 2 is 1.74 bits per heavy atom. The summed E-state index contributed by atoms with van der Waals surface area (Å²) in [5.74, 6) is 1.74. The molecule has 1 saturated heterocycles. The maximum atomic E-state index is 12.6. The minimum atomic E-state index is 0.0639. The fourth-order valence-electron chi connectivity index (χ4n) is 3.85. The average molecular weight is 478 g/mol. The van der Waals surface area contributed by atoms with Crippen molar-refractivity contribution >= 4 is 23.3 Å². The lowest BCUT2D eigenvalue weighted by atomic mass is 10.1. The fourth-order valence-corrected chi connectivity index (χ4v) is 4.45. The molecule has 2 aromatic carbocycles. The average Bonchev–Trinajstić information content (AvgIpc) is 3.31. The lowest BCUT2D eigenvalue weighted by Crippen LogP contribution is -2.48. The first kappa shape index (κ1) is 24.0. The predicted octanol–water partition coefficient (Wildman–Crippen LogP) is 4.44. The van der Waals surface area contributed by atoms with E-state index in [0.29, 0.717) is 6.61 Å². The molecular weight excluding hydrogens is 446 g/mol. The van der Waals surface area contributed by atoms with E-state index in [9.17, 15) is 4.79 Å². The van der Waals surface area contributed by atoms with Gasteiger partial charge in [0.1, 0.15) is 18.1 Å². The highest BCUT2D eigenvalue weighted by atomic mass is 32.1. The van der Waals surface area contributed by atoms with E-state index in [-0.39, 0.29) is 5.91 Å². The number of hydrogen-bond donors (Lipinski definition) is 0. The van der Waals surface area contributed by atoms with Crippen molar-refractivity contribution < 1.29 is 14.3 Å². The summed E-state index contributed by atoms with van der Waals surface area (Å²) in [7, 11) is 1.68. The third-order valence-corrected chi connectivity index (χ3v) is 6.73. The number of benzene rings is 2. The molecule has 0 spiro atoms. The van der Waals surface area contributed by atoms with Crippen LogP contribution in [0.5, 0.6) is 11.5 Å². The monoisotopic (exact) mass is 477 g/mol. The maximum absolute atomic E-state index is 12.6. The molecule has 3 aromatic rings. The highest BCUT2D eigenvalue weighted by Gasteiger charge is 2.19. The van der Waals surface area contributed by atoms with E-state index < -0.39 is 0 Å². The van der Waals surface area contributed by atoms with Crippen LogP contribution < -0.4 is 9.47 Å². The highest BCUT2D eigenvalue weighted by molar-refractivity contribution is 7.09. The molecule has 1 fully saturated rings. The van der Waals surface area contributed by atoms with Gasteiger partial charge >= 0.3 is 0 Å². The molecule has 34 heavy (non-hydrogen) atoms. The van der Waals surface area contributed by atoms with Crippen LogP contribution in [-0.4, -0.2) is 60.5 Å². The third-order valence-electron chi connectivity index (χ3n) is 5.91. The van der Waals surface area contributed by atoms with E-state index in [4.69, 9.17) is 9.47 Å². The lowest BCUT2D eigenvalue weighted by molar-refractivity contribution is -0.127. The van der Waals surface area contributed by atoms with E-state index in [1.54, 1.807) is 24.5 Å². The van der Waals surface area contributed by atoms with Gasteiger partial charge in [-0.15, -0.1) is 11.3 Å². The molecule has 0 atom stereocenters. The Balaban J connectivity index is 1.18. The first-order chi connectivity index (χ1) is 16.6. The Kier molecular flexibility index (Phi) is 8.33. The van der Waals surface area contributed by atoms with Crippen LogP contribution in [0.2, 0.25) is 0 Å². The highest BCUT2D eigenvalue weighted by Crippen LogP contribution is 2.17. The number of ether oxygens (including phenoxy) is 2. The predicted molar refractivity (Wildman–Crippen MR) is 136 cm³/mol. The number of rotatable bonds is 9. The Hall–Kier alpha value is -3.16. The third kappa shape index (κ3) is 6.92. The van der Waals surface area contributed by atoms with Crippen molar-refractivity contribution in [2.24, 2.45) is 0 Å². The second kappa shape index (κ2) is 11.8. The van der Waals surface area contributed by atoms with Gasteiger partial charge in [0.05, 0.1) is 17.8 Å². The van der Waals surface area contributed by atoms with Crippen LogP contribution in [0.25, 0.3) is 6.08 Å². The van der Waals surface area contributed by atoms with Gasteiger partial charge in [-0.3, -0.25) is 9.69 Å². The number of carbonyl (C=O) groups excluding carboxylic acids is 1. The number of nitrogens with zero attached hydrogens (tertiary/aromatic N) is 3. The molecule has 6 nitrogen and oxygen atoms in total. The van der Waals surface area contributed by atoms with Crippen molar-refractivity contribution in [3.05, 3.63) is 81.8 Å². The summed E-state index contributed by atoms with van der Waals surface area (Å²) in [6, 6.07) is 16.0. The molecular formula is C27H31N3O3S. The van der Waals surface area contributed by atoms with Gasteiger partial charge in [0, 0.05) is 44.2 Å². The van der Waals surface area contributed by atoms with E-state index in [1.165, 1.54) is 5.56 Å². The quantitative estimate of drug-likeness (QED) is 0.427. The fraction of sp³-hybridized carbons (Fsp3) is 0.333. The van der Waals surface area contributed by atoms with Gasteiger partial charge in [-0.05, 0) is 54.8 Å². The first-order valence-corrected chi connectivity index (χ1v) is 12.4. The maximum Gasteiger partial charge on any atom is 0.246 e. The Morgan fingerprint density at radius 1 is 1.03 bits per heavy atom. The SMILES string of the molecule is COc1ccc(CCN2CCN(C(=O)/C=C/c3ccc(OCc4csc(C)n4)cc3)CC2)cc1. The molecule has 0 bridgehead atoms. The van der Waals surface area contributed by atoms with Gasteiger partial charge in [-0.25, -0.2) is 4.98 Å². The second-order valence-corrected chi connectivity index (χ2v) is 9.38. The van der Waals surface area contributed by atoms with Gasteiger partial charge in [0.2, 0.25) is 5.91 Å². The Morgan fingerprint density at radius 3 is 2.38 bits per heavy atom. The number of aromatic nitrogens is 1. The first-order valence-electron chi connectivity index (χ1n) is 11.6. The van der Waals surface area contributed by atoms with Crippen molar-refractivity contribution in [2.45, 2.75) is 20.0 Å². The Bertz CT molecular complexity index is 1090. The van der Waals surface area contributed by atoms with Crippen LogP contribution in [-0.2, 0) is 17.8 Å². The number of amides is 1. The molecule has 0 aliphatic carbocycles. The van der Waals surface area contributed by atoms with Gasteiger partial charge in [0.25, 0.3) is 0 Å². The van der Waals surface area contributed by atoms with Gasteiger partial charge in [0.15, 0.2) is 0 Å². The molecule has 0 saturated carbocycles. The van der Waals surface area contributed by atoms with Crippen LogP contribution in [0.3, 0.4) is 0 Å². The van der Waals surface area contributed by atoms with Crippen LogP contribution in [0.1, 0.15) is 21.8 Å². The number of piperazine rings is 1. The smallest absolute Gasteiger partial charge is 0.246 e. The zero-order valence-corrected chi connectivity index (χ0v) is 20.6. The number of aryl methyl sites for hydroxylation is 1. The summed E-state index contributed by atoms with van der Waals surface area (Å²) >= 11 is 1.62. The van der Waals surface area contributed by atoms with Crippen molar-refractivity contribution in [3.8, 4) is 11.5 Å². The number of hydrogen-bond acceptors (Lipinski definition) is 6. The topological polar surface area (TPSA) is 54.9 Å². The zero-order valence-electron chi connectivity index (χ0n) is 19.8. The molecule has 0 N–H and O–H groups in total. The van der Waals surface area contributed by atoms with Crippen LogP contribution in [0, 0.1) is 6.92 Å². The van der Waals surface area contributed by atoms with E-state index in [0.717, 1.165) is 66.9 Å². The summed E-state index contributed by atoms with van der Waals surface area (Å²) in [4.78, 5) is 21.4. The minimum absolute atomic E-state index is 0.0639. The van der Waals surface area contributed by atoms with E-state index in [2.05, 4.69) is 22.0 Å². The van der Waals surface area contributed by atoms with Crippen molar-refractivity contribution in [3.63, 3.8) is 0 Å². The van der Waals surface area contributed by atoms with Crippen molar-refractivity contribution in [1.29, 1.82) is 0 Å². The number of carbonyl (C=O) groups is 1. The molecule has 2 heterocycles. The van der Waals surface area contributed by atoms with Crippen LogP contribution in [0.4, 0.5) is 0 Å². The summed E-state index contributed by atoms with van der Waals surface area (Å²) in [6.45, 7) is 6.77. The normalized spacial score (nSPS) is 14.5.